The molecule has 2 N–H and O–H groups in total. The minimum absolute atomic E-state index is 0.0109. The van der Waals surface area contributed by atoms with Crippen LogP contribution >= 0.6 is 0 Å². The predicted molar refractivity (Wildman–Crippen MR) is 119 cm³/mol. The van der Waals surface area contributed by atoms with E-state index in [0.29, 0.717) is 5.56 Å². The number of hydrogen-bond donors (Lipinski definition) is 2. The van der Waals surface area contributed by atoms with Crippen LogP contribution < -0.4 is 5.32 Å². The Balaban J connectivity index is 1.48. The molecule has 2 amide bonds. The third kappa shape index (κ3) is 4.23. The quantitative estimate of drug-likeness (QED) is 0.773. The zero-order valence-corrected chi connectivity index (χ0v) is 19.1. The van der Waals surface area contributed by atoms with Crippen LogP contribution in [0.4, 0.5) is 0 Å². The van der Waals surface area contributed by atoms with Gasteiger partial charge in [-0.25, -0.2) is 0 Å². The van der Waals surface area contributed by atoms with Crippen molar-refractivity contribution in [2.75, 3.05) is 13.1 Å². The monoisotopic (exact) mass is 427 g/mol. The Morgan fingerprint density at radius 2 is 1.84 bits per heavy atom. The van der Waals surface area contributed by atoms with Crippen LogP contribution in [-0.4, -0.2) is 52.0 Å². The molecule has 0 bridgehead atoms. The Morgan fingerprint density at radius 3 is 2.52 bits per heavy atom. The maximum absolute atomic E-state index is 13.0. The molecule has 4 rings (SSSR count). The van der Waals surface area contributed by atoms with Crippen molar-refractivity contribution in [3.63, 3.8) is 0 Å². The highest BCUT2D eigenvalue weighted by atomic mass is 16.3. The summed E-state index contributed by atoms with van der Waals surface area (Å²) >= 11 is 0. The van der Waals surface area contributed by atoms with E-state index in [1.165, 1.54) is 0 Å². The predicted octanol–water partition coefficient (Wildman–Crippen LogP) is 3.26. The zero-order valence-electron chi connectivity index (χ0n) is 19.1. The van der Waals surface area contributed by atoms with Crippen LogP contribution in [0.15, 0.2) is 24.5 Å². The molecule has 0 spiro atoms. The molecule has 7 atom stereocenters. The van der Waals surface area contributed by atoms with Gasteiger partial charge >= 0.3 is 0 Å². The maximum atomic E-state index is 13.0. The number of aromatic nitrogens is 1. The number of carbonyl (C=O) groups is 2. The van der Waals surface area contributed by atoms with Crippen molar-refractivity contribution >= 4 is 11.8 Å². The third-order valence-electron chi connectivity index (χ3n) is 8.60. The Hall–Kier alpha value is -1.95. The second-order valence-electron chi connectivity index (χ2n) is 10.4. The van der Waals surface area contributed by atoms with E-state index in [0.717, 1.165) is 51.6 Å². The van der Waals surface area contributed by atoms with Crippen LogP contribution in [0.3, 0.4) is 0 Å². The van der Waals surface area contributed by atoms with Gasteiger partial charge < -0.3 is 15.3 Å². The first-order valence-corrected chi connectivity index (χ1v) is 12.0. The lowest BCUT2D eigenvalue weighted by atomic mass is 9.51. The van der Waals surface area contributed by atoms with E-state index in [1.54, 1.807) is 24.5 Å². The van der Waals surface area contributed by atoms with Crippen LogP contribution in [0.25, 0.3) is 0 Å². The molecule has 3 aliphatic rings. The molecule has 0 unspecified atom stereocenters. The highest BCUT2D eigenvalue weighted by molar-refractivity contribution is 5.94. The van der Waals surface area contributed by atoms with Crippen molar-refractivity contribution in [3.8, 4) is 0 Å². The van der Waals surface area contributed by atoms with Gasteiger partial charge in [-0.1, -0.05) is 20.8 Å². The summed E-state index contributed by atoms with van der Waals surface area (Å²) in [6.07, 6.45) is 8.75. The number of likely N-dealkylation sites (tertiary alicyclic amines) is 1. The van der Waals surface area contributed by atoms with Crippen molar-refractivity contribution < 1.29 is 14.7 Å². The fraction of sp³-hybridized carbons (Fsp3) is 0.720. The lowest BCUT2D eigenvalue weighted by molar-refractivity contribution is -0.149. The molecule has 6 nitrogen and oxygen atoms in total. The van der Waals surface area contributed by atoms with E-state index in [-0.39, 0.29) is 46.9 Å². The van der Waals surface area contributed by atoms with E-state index >= 15 is 0 Å². The average Bonchev–Trinajstić information content (AvgIpc) is 3.30. The number of pyridine rings is 1. The van der Waals surface area contributed by atoms with Gasteiger partial charge in [-0.2, -0.15) is 0 Å². The highest BCUT2D eigenvalue weighted by Crippen LogP contribution is 2.55. The average molecular weight is 428 g/mol. The zero-order chi connectivity index (χ0) is 22.2. The summed E-state index contributed by atoms with van der Waals surface area (Å²) in [6.45, 7) is 8.17. The molecule has 0 aromatic carbocycles. The van der Waals surface area contributed by atoms with Crippen LogP contribution in [0.1, 0.15) is 69.7 Å². The SMILES string of the molecule is C[C@H]1[C@@H]2[C@@H](O)[C@H]([C@H](C)C(=O)N3CCCC3)CC[C@@]2(C)CC[C@@H]1NC(=O)c1ccncc1. The number of nitrogens with one attached hydrogen (secondary N) is 1. The summed E-state index contributed by atoms with van der Waals surface area (Å²) in [5.74, 6) is 0.186. The molecule has 3 fully saturated rings. The van der Waals surface area contributed by atoms with E-state index in [2.05, 4.69) is 24.1 Å². The molecule has 2 heterocycles. The lowest BCUT2D eigenvalue weighted by Crippen LogP contribution is -2.58. The van der Waals surface area contributed by atoms with E-state index < -0.39 is 6.10 Å². The summed E-state index contributed by atoms with van der Waals surface area (Å²) < 4.78 is 0. The number of fused-ring (bicyclic) bond motifs is 1. The van der Waals surface area contributed by atoms with Gasteiger partial charge in [0.2, 0.25) is 5.91 Å². The molecule has 1 saturated heterocycles. The van der Waals surface area contributed by atoms with Crippen molar-refractivity contribution in [2.45, 2.75) is 71.4 Å². The fourth-order valence-corrected chi connectivity index (χ4v) is 6.66. The van der Waals surface area contributed by atoms with Gasteiger partial charge in [0.15, 0.2) is 0 Å². The lowest BCUT2D eigenvalue weighted by Gasteiger charge is -2.56. The fourth-order valence-electron chi connectivity index (χ4n) is 6.66. The largest absolute Gasteiger partial charge is 0.392 e. The Labute approximate surface area is 185 Å². The van der Waals surface area contributed by atoms with Crippen molar-refractivity contribution in [1.82, 2.24) is 15.2 Å². The summed E-state index contributed by atoms with van der Waals surface area (Å²) in [6, 6.07) is 3.48. The van der Waals surface area contributed by atoms with Gasteiger partial charge in [-0.05, 0) is 73.8 Å². The van der Waals surface area contributed by atoms with Crippen LogP contribution in [0, 0.1) is 29.1 Å². The van der Waals surface area contributed by atoms with Gasteiger partial charge in [0.25, 0.3) is 5.91 Å². The number of rotatable bonds is 4. The summed E-state index contributed by atoms with van der Waals surface area (Å²) in [4.78, 5) is 31.7. The first kappa shape index (κ1) is 22.3. The van der Waals surface area contributed by atoms with Crippen molar-refractivity contribution in [1.29, 1.82) is 0 Å². The standard InChI is InChI=1S/C25H37N3O3/c1-16(24(31)28-14-4-5-15-28)19-6-10-25(3)11-7-20(17(2)21(25)22(19)29)27-23(30)18-8-12-26-13-9-18/h8-9,12-13,16-17,19-22,29H,4-7,10-11,14-15H2,1-3H3,(H,27,30)/t16-,17+,19-,20-,21+,22-,25-/m0/s1. The molecule has 6 heteroatoms. The molecular formula is C25H37N3O3. The minimum atomic E-state index is -0.518. The molecular weight excluding hydrogens is 390 g/mol. The number of aliphatic hydroxyl groups excluding tert-OH is 1. The highest BCUT2D eigenvalue weighted by Gasteiger charge is 2.54. The summed E-state index contributed by atoms with van der Waals surface area (Å²) in [5, 5.41) is 14.8. The maximum Gasteiger partial charge on any atom is 0.251 e. The van der Waals surface area contributed by atoms with Gasteiger partial charge in [0.05, 0.1) is 6.10 Å². The molecule has 2 aliphatic carbocycles. The Kier molecular flexibility index (Phi) is 6.38. The van der Waals surface area contributed by atoms with Gasteiger partial charge in [-0.15, -0.1) is 0 Å². The first-order valence-electron chi connectivity index (χ1n) is 12.0. The number of carbonyl (C=O) groups excluding carboxylic acids is 2. The molecule has 1 aromatic rings. The van der Waals surface area contributed by atoms with E-state index in [9.17, 15) is 14.7 Å². The number of nitrogens with zero attached hydrogens (tertiary/aromatic N) is 2. The number of amides is 2. The van der Waals surface area contributed by atoms with Crippen LogP contribution in [-0.2, 0) is 4.79 Å². The normalized spacial score (nSPS) is 36.5. The molecule has 2 saturated carbocycles. The topological polar surface area (TPSA) is 82.5 Å². The molecule has 31 heavy (non-hydrogen) atoms. The number of hydrogen-bond acceptors (Lipinski definition) is 4. The van der Waals surface area contributed by atoms with Crippen molar-refractivity contribution in [3.05, 3.63) is 30.1 Å². The third-order valence-corrected chi connectivity index (χ3v) is 8.60. The second kappa shape index (κ2) is 8.89. The van der Waals surface area contributed by atoms with Crippen molar-refractivity contribution in [2.24, 2.45) is 29.1 Å². The second-order valence-corrected chi connectivity index (χ2v) is 10.4. The summed E-state index contributed by atoms with van der Waals surface area (Å²) in [5.41, 5.74) is 0.673. The first-order chi connectivity index (χ1) is 14.8. The smallest absolute Gasteiger partial charge is 0.251 e. The molecule has 1 aromatic heterocycles. The molecule has 0 radical (unpaired) electrons. The van der Waals surface area contributed by atoms with Gasteiger partial charge in [-0.3, -0.25) is 14.6 Å². The van der Waals surface area contributed by atoms with Gasteiger partial charge in [0, 0.05) is 43.0 Å². The Bertz CT molecular complexity index is 794. The Morgan fingerprint density at radius 1 is 1.19 bits per heavy atom. The van der Waals surface area contributed by atoms with Crippen LogP contribution in [0.5, 0.6) is 0 Å². The van der Waals surface area contributed by atoms with Crippen LogP contribution in [0.2, 0.25) is 0 Å². The van der Waals surface area contributed by atoms with Gasteiger partial charge in [0.1, 0.15) is 0 Å². The summed E-state index contributed by atoms with van der Waals surface area (Å²) in [7, 11) is 0. The number of aliphatic hydroxyl groups is 1. The molecule has 1 aliphatic heterocycles. The van der Waals surface area contributed by atoms with E-state index in [4.69, 9.17) is 0 Å². The van der Waals surface area contributed by atoms with E-state index in [1.807, 2.05) is 11.8 Å². The molecule has 170 valence electrons. The minimum Gasteiger partial charge on any atom is -0.392 e.